The van der Waals surface area contributed by atoms with Crippen LogP contribution in [-0.2, 0) is 9.53 Å². The Bertz CT molecular complexity index is 881. The van der Waals surface area contributed by atoms with Crippen LogP contribution in [-0.4, -0.2) is 34.9 Å². The van der Waals surface area contributed by atoms with Gasteiger partial charge in [0.05, 0.1) is 29.0 Å². The molecular formula is C19H18BrN3O3. The predicted octanol–water partition coefficient (Wildman–Crippen LogP) is 3.87. The van der Waals surface area contributed by atoms with E-state index < -0.39 is 12.0 Å². The Morgan fingerprint density at radius 1 is 1.31 bits per heavy atom. The van der Waals surface area contributed by atoms with E-state index in [1.807, 2.05) is 31.2 Å². The fourth-order valence-corrected chi connectivity index (χ4v) is 3.72. The number of nitrogens with zero attached hydrogens (tertiary/aromatic N) is 2. The van der Waals surface area contributed by atoms with Gasteiger partial charge in [-0.2, -0.15) is 0 Å². The zero-order chi connectivity index (χ0) is 18.7. The Morgan fingerprint density at radius 3 is 2.73 bits per heavy atom. The Labute approximate surface area is 159 Å². The summed E-state index contributed by atoms with van der Waals surface area (Å²) in [7, 11) is 1.56. The molecule has 1 aliphatic heterocycles. The van der Waals surface area contributed by atoms with Gasteiger partial charge in [-0.25, -0.2) is 4.79 Å². The normalized spacial score (nSPS) is 17.7. The maximum Gasteiger partial charge on any atom is 0.333 e. The molecule has 0 radical (unpaired) electrons. The summed E-state index contributed by atoms with van der Waals surface area (Å²) in [6, 6.07) is 9.68. The molecule has 6 nitrogen and oxygen atoms in total. The highest BCUT2D eigenvalue weighted by Gasteiger charge is 2.31. The molecule has 7 heteroatoms. The van der Waals surface area contributed by atoms with E-state index in [4.69, 9.17) is 4.74 Å². The number of methoxy groups -OCH3 is 1. The zero-order valence-electron chi connectivity index (χ0n) is 14.3. The largest absolute Gasteiger partial charge is 0.495 e. The number of benzene rings is 1. The third-order valence-electron chi connectivity index (χ3n) is 4.09. The van der Waals surface area contributed by atoms with Crippen LogP contribution in [0.15, 0.2) is 58.3 Å². The summed E-state index contributed by atoms with van der Waals surface area (Å²) < 4.78 is 6.21. The maximum atomic E-state index is 11.9. The molecule has 134 valence electrons. The SMILES string of the molecule is COC1=C(Br)C([C@@H](C)Nc2cccnc2)=N[C@H](C(=O)O)c2ccccc21. The number of aliphatic carboxylic acids is 1. The second-order valence-corrected chi connectivity index (χ2v) is 6.59. The molecule has 26 heavy (non-hydrogen) atoms. The number of halogens is 1. The van der Waals surface area contributed by atoms with Gasteiger partial charge in [-0.3, -0.25) is 9.98 Å². The summed E-state index contributed by atoms with van der Waals surface area (Å²) >= 11 is 3.57. The fourth-order valence-electron chi connectivity index (χ4n) is 2.90. The highest BCUT2D eigenvalue weighted by atomic mass is 79.9. The van der Waals surface area contributed by atoms with Crippen LogP contribution in [0.5, 0.6) is 0 Å². The molecule has 0 aliphatic carbocycles. The van der Waals surface area contributed by atoms with Gasteiger partial charge in [0, 0.05) is 18.0 Å². The topological polar surface area (TPSA) is 83.8 Å². The highest BCUT2D eigenvalue weighted by Crippen LogP contribution is 2.36. The first kappa shape index (κ1) is 18.1. The summed E-state index contributed by atoms with van der Waals surface area (Å²) in [6.45, 7) is 1.91. The Hall–Kier alpha value is -2.67. The number of carbonyl (C=O) groups is 1. The number of aliphatic imine (C=N–C) groups is 1. The number of hydrogen-bond donors (Lipinski definition) is 2. The molecule has 0 amide bonds. The van der Waals surface area contributed by atoms with Crippen molar-refractivity contribution in [2.24, 2.45) is 4.99 Å². The van der Waals surface area contributed by atoms with Crippen molar-refractivity contribution in [3.8, 4) is 0 Å². The molecule has 2 aromatic rings. The summed E-state index contributed by atoms with van der Waals surface area (Å²) in [6.07, 6.45) is 3.39. The summed E-state index contributed by atoms with van der Waals surface area (Å²) in [5, 5.41) is 13.0. The minimum atomic E-state index is -1.01. The zero-order valence-corrected chi connectivity index (χ0v) is 15.9. The van der Waals surface area contributed by atoms with Gasteiger partial charge in [0.15, 0.2) is 6.04 Å². The van der Waals surface area contributed by atoms with E-state index in [9.17, 15) is 9.90 Å². The first-order valence-electron chi connectivity index (χ1n) is 8.03. The molecule has 0 fully saturated rings. The quantitative estimate of drug-likeness (QED) is 0.773. The van der Waals surface area contributed by atoms with Crippen molar-refractivity contribution < 1.29 is 14.6 Å². The van der Waals surface area contributed by atoms with Crippen LogP contribution in [0.25, 0.3) is 5.76 Å². The van der Waals surface area contributed by atoms with E-state index in [2.05, 4.69) is 31.2 Å². The van der Waals surface area contributed by atoms with Crippen LogP contribution < -0.4 is 5.32 Å². The molecule has 0 saturated carbocycles. The molecule has 3 rings (SSSR count). The maximum absolute atomic E-state index is 11.9. The number of carboxylic acids is 1. The minimum Gasteiger partial charge on any atom is -0.495 e. The minimum absolute atomic E-state index is 0.269. The Balaban J connectivity index is 2.10. The molecule has 0 saturated heterocycles. The van der Waals surface area contributed by atoms with Crippen molar-refractivity contribution >= 4 is 39.1 Å². The monoisotopic (exact) mass is 415 g/mol. The molecule has 0 bridgehead atoms. The van der Waals surface area contributed by atoms with Crippen LogP contribution in [0, 0.1) is 0 Å². The first-order chi connectivity index (χ1) is 12.5. The first-order valence-corrected chi connectivity index (χ1v) is 8.82. The number of rotatable bonds is 5. The van der Waals surface area contributed by atoms with Crippen molar-refractivity contribution in [1.82, 2.24) is 4.98 Å². The molecule has 0 unspecified atom stereocenters. The predicted molar refractivity (Wildman–Crippen MR) is 104 cm³/mol. The number of pyridine rings is 1. The van der Waals surface area contributed by atoms with Gasteiger partial charge < -0.3 is 15.2 Å². The van der Waals surface area contributed by atoms with Crippen LogP contribution in [0.3, 0.4) is 0 Å². The average Bonchev–Trinajstić information content (AvgIpc) is 2.76. The van der Waals surface area contributed by atoms with Crippen LogP contribution in [0.2, 0.25) is 0 Å². The van der Waals surface area contributed by atoms with Crippen LogP contribution >= 0.6 is 15.9 Å². The fraction of sp³-hybridized carbons (Fsp3) is 0.211. The van der Waals surface area contributed by atoms with Gasteiger partial charge in [0.2, 0.25) is 0 Å². The lowest BCUT2D eigenvalue weighted by molar-refractivity contribution is -0.138. The van der Waals surface area contributed by atoms with Gasteiger partial charge >= 0.3 is 5.97 Å². The number of aromatic nitrogens is 1. The lowest BCUT2D eigenvalue weighted by Gasteiger charge is -2.18. The van der Waals surface area contributed by atoms with E-state index in [1.165, 1.54) is 0 Å². The smallest absolute Gasteiger partial charge is 0.333 e. The third-order valence-corrected chi connectivity index (χ3v) is 4.85. The number of fused-ring (bicyclic) bond motifs is 1. The lowest BCUT2D eigenvalue weighted by Crippen LogP contribution is -2.28. The van der Waals surface area contributed by atoms with E-state index in [-0.39, 0.29) is 6.04 Å². The number of ether oxygens (including phenoxy) is 1. The Morgan fingerprint density at radius 2 is 2.08 bits per heavy atom. The number of anilines is 1. The Kier molecular flexibility index (Phi) is 5.37. The number of carboxylic acid groups (broad SMARTS) is 1. The van der Waals surface area contributed by atoms with Gasteiger partial charge in [-0.15, -0.1) is 0 Å². The average molecular weight is 416 g/mol. The molecule has 2 heterocycles. The highest BCUT2D eigenvalue weighted by molar-refractivity contribution is 9.12. The molecule has 0 spiro atoms. The van der Waals surface area contributed by atoms with Crippen molar-refractivity contribution in [1.29, 1.82) is 0 Å². The summed E-state index contributed by atoms with van der Waals surface area (Å²) in [5.41, 5.74) is 2.68. The number of nitrogens with one attached hydrogen (secondary N) is 1. The van der Waals surface area contributed by atoms with Crippen molar-refractivity contribution in [3.63, 3.8) is 0 Å². The molecule has 1 aliphatic rings. The van der Waals surface area contributed by atoms with E-state index >= 15 is 0 Å². The van der Waals surface area contributed by atoms with Gasteiger partial charge in [0.25, 0.3) is 0 Å². The van der Waals surface area contributed by atoms with Crippen molar-refractivity contribution in [2.75, 3.05) is 12.4 Å². The van der Waals surface area contributed by atoms with E-state index in [0.29, 0.717) is 27.1 Å². The molecule has 2 atom stereocenters. The number of hydrogen-bond acceptors (Lipinski definition) is 5. The molecule has 1 aromatic heterocycles. The van der Waals surface area contributed by atoms with Crippen LogP contribution in [0.4, 0.5) is 5.69 Å². The third kappa shape index (κ3) is 3.48. The van der Waals surface area contributed by atoms with Crippen molar-refractivity contribution in [3.05, 3.63) is 64.4 Å². The molecule has 1 aromatic carbocycles. The molecule has 2 N–H and O–H groups in total. The summed E-state index contributed by atoms with van der Waals surface area (Å²) in [4.78, 5) is 20.5. The van der Waals surface area contributed by atoms with E-state index in [1.54, 1.807) is 31.6 Å². The second kappa shape index (κ2) is 7.70. The lowest BCUT2D eigenvalue weighted by atomic mass is 10.00. The second-order valence-electron chi connectivity index (χ2n) is 5.80. The van der Waals surface area contributed by atoms with E-state index in [0.717, 1.165) is 5.69 Å². The van der Waals surface area contributed by atoms with Gasteiger partial charge in [-0.1, -0.05) is 24.3 Å². The van der Waals surface area contributed by atoms with Gasteiger partial charge in [-0.05, 0) is 40.5 Å². The van der Waals surface area contributed by atoms with Crippen molar-refractivity contribution in [2.45, 2.75) is 19.0 Å². The molecular weight excluding hydrogens is 398 g/mol. The summed E-state index contributed by atoms with van der Waals surface area (Å²) in [5.74, 6) is -0.455. The standard InChI is InChI=1S/C19H18BrN3O3/c1-11(22-12-6-5-9-21-10-12)16-15(20)18(26-2)14-8-4-3-7-13(14)17(23-16)19(24)25/h3-11,17,22H,1-2H3,(H,24,25)/t11-,17+/m1/s1. The van der Waals surface area contributed by atoms with Gasteiger partial charge in [0.1, 0.15) is 5.76 Å². The van der Waals surface area contributed by atoms with Crippen LogP contribution in [0.1, 0.15) is 24.1 Å².